The summed E-state index contributed by atoms with van der Waals surface area (Å²) >= 11 is 2.10. The molecule has 0 aromatic heterocycles. The van der Waals surface area contributed by atoms with E-state index in [1.54, 1.807) is 7.11 Å². The highest BCUT2D eigenvalue weighted by Gasteiger charge is 2.30. The summed E-state index contributed by atoms with van der Waals surface area (Å²) in [4.78, 5) is 17.3. The van der Waals surface area contributed by atoms with Gasteiger partial charge in [-0.2, -0.15) is 11.8 Å². The van der Waals surface area contributed by atoms with Crippen LogP contribution in [0.5, 0.6) is 5.75 Å². The molecule has 0 saturated carbocycles. The number of hydrogen-bond acceptors (Lipinski definition) is 4. The predicted molar refractivity (Wildman–Crippen MR) is 114 cm³/mol. The van der Waals surface area contributed by atoms with Gasteiger partial charge in [-0.15, -0.1) is 0 Å². The van der Waals surface area contributed by atoms with Gasteiger partial charge in [0, 0.05) is 31.2 Å². The molecule has 4 nitrogen and oxygen atoms in total. The number of amides is 1. The molecule has 150 valence electrons. The van der Waals surface area contributed by atoms with Gasteiger partial charge in [0.25, 0.3) is 5.91 Å². The molecule has 2 fully saturated rings. The standard InChI is InChI=1S/C22H34N2O2S/c1-4-23(5-2)22(25)18-6-7-21(26-3)19(15-18)14-17-8-11-24(16-17)20-9-12-27-13-10-20/h6-7,15,17,20H,4-5,8-14,16H2,1-3H3. The maximum atomic E-state index is 12.7. The molecule has 0 bridgehead atoms. The number of nitrogens with zero attached hydrogens (tertiary/aromatic N) is 2. The third kappa shape index (κ3) is 5.00. The summed E-state index contributed by atoms with van der Waals surface area (Å²) in [7, 11) is 1.73. The lowest BCUT2D eigenvalue weighted by Gasteiger charge is -2.30. The Kier molecular flexibility index (Phi) is 7.48. The third-order valence-corrected chi connectivity index (χ3v) is 7.16. The van der Waals surface area contributed by atoms with Crippen LogP contribution < -0.4 is 4.74 Å². The molecule has 1 amide bonds. The van der Waals surface area contributed by atoms with Crippen LogP contribution in [0.2, 0.25) is 0 Å². The van der Waals surface area contributed by atoms with E-state index in [9.17, 15) is 4.79 Å². The van der Waals surface area contributed by atoms with Crippen molar-refractivity contribution >= 4 is 17.7 Å². The van der Waals surface area contributed by atoms with Gasteiger partial charge in [0.2, 0.25) is 0 Å². The fourth-order valence-electron chi connectivity index (χ4n) is 4.49. The minimum Gasteiger partial charge on any atom is -0.496 e. The largest absolute Gasteiger partial charge is 0.496 e. The van der Waals surface area contributed by atoms with Gasteiger partial charge in [0.15, 0.2) is 0 Å². The van der Waals surface area contributed by atoms with Gasteiger partial charge in [-0.3, -0.25) is 4.79 Å². The summed E-state index contributed by atoms with van der Waals surface area (Å²) in [6.45, 7) is 7.96. The molecule has 3 rings (SSSR count). The first-order valence-electron chi connectivity index (χ1n) is 10.4. The summed E-state index contributed by atoms with van der Waals surface area (Å²) in [5, 5.41) is 0. The van der Waals surface area contributed by atoms with Crippen LogP contribution in [0.4, 0.5) is 0 Å². The maximum Gasteiger partial charge on any atom is 0.253 e. The lowest BCUT2D eigenvalue weighted by molar-refractivity contribution is 0.0773. The molecule has 27 heavy (non-hydrogen) atoms. The second kappa shape index (κ2) is 9.83. The number of thioether (sulfide) groups is 1. The molecule has 1 unspecified atom stereocenters. The van der Waals surface area contributed by atoms with E-state index in [0.717, 1.165) is 36.9 Å². The Morgan fingerprint density at radius 1 is 1.22 bits per heavy atom. The first-order valence-corrected chi connectivity index (χ1v) is 11.6. The third-order valence-electron chi connectivity index (χ3n) is 6.11. The Morgan fingerprint density at radius 2 is 1.96 bits per heavy atom. The monoisotopic (exact) mass is 390 g/mol. The first kappa shape index (κ1) is 20.5. The van der Waals surface area contributed by atoms with Gasteiger partial charge in [-0.25, -0.2) is 0 Å². The first-order chi connectivity index (χ1) is 13.2. The smallest absolute Gasteiger partial charge is 0.253 e. The van der Waals surface area contributed by atoms with Crippen LogP contribution in [0.15, 0.2) is 18.2 Å². The number of carbonyl (C=O) groups is 1. The molecule has 0 spiro atoms. The number of carbonyl (C=O) groups excluding carboxylic acids is 1. The quantitative estimate of drug-likeness (QED) is 0.706. The maximum absolute atomic E-state index is 12.7. The molecular formula is C22H34N2O2S. The molecule has 2 aliphatic rings. The Bertz CT molecular complexity index is 627. The number of rotatable bonds is 7. The van der Waals surface area contributed by atoms with E-state index in [2.05, 4.69) is 22.7 Å². The minimum atomic E-state index is 0.122. The van der Waals surface area contributed by atoms with Crippen molar-refractivity contribution in [2.75, 3.05) is 44.8 Å². The van der Waals surface area contributed by atoms with Crippen LogP contribution in [0.25, 0.3) is 0 Å². The Balaban J connectivity index is 1.68. The lowest BCUT2D eigenvalue weighted by atomic mass is 9.96. The zero-order valence-corrected chi connectivity index (χ0v) is 17.9. The average Bonchev–Trinajstić information content (AvgIpc) is 3.18. The number of likely N-dealkylation sites (tertiary alicyclic amines) is 1. The van der Waals surface area contributed by atoms with Crippen LogP contribution in [0.1, 0.15) is 49.0 Å². The highest BCUT2D eigenvalue weighted by molar-refractivity contribution is 7.99. The summed E-state index contributed by atoms with van der Waals surface area (Å²) in [5.74, 6) is 4.33. The topological polar surface area (TPSA) is 32.8 Å². The van der Waals surface area contributed by atoms with E-state index in [4.69, 9.17) is 4.74 Å². The van der Waals surface area contributed by atoms with Gasteiger partial charge >= 0.3 is 0 Å². The predicted octanol–water partition coefficient (Wildman–Crippen LogP) is 3.94. The Morgan fingerprint density at radius 3 is 2.63 bits per heavy atom. The van der Waals surface area contributed by atoms with Crippen molar-refractivity contribution in [3.8, 4) is 5.75 Å². The summed E-state index contributed by atoms with van der Waals surface area (Å²) in [5.41, 5.74) is 1.97. The fourth-order valence-corrected chi connectivity index (χ4v) is 5.57. The molecule has 1 atom stereocenters. The van der Waals surface area contributed by atoms with Crippen LogP contribution in [-0.2, 0) is 6.42 Å². The molecule has 2 heterocycles. The van der Waals surface area contributed by atoms with Gasteiger partial charge in [-0.1, -0.05) is 0 Å². The highest BCUT2D eigenvalue weighted by Crippen LogP contribution is 2.31. The van der Waals surface area contributed by atoms with E-state index in [1.807, 2.05) is 30.9 Å². The van der Waals surface area contributed by atoms with E-state index in [1.165, 1.54) is 49.4 Å². The number of hydrogen-bond donors (Lipinski definition) is 0. The molecule has 1 aromatic rings. The van der Waals surface area contributed by atoms with Gasteiger partial charge in [-0.05, 0) is 87.3 Å². The number of benzene rings is 1. The van der Waals surface area contributed by atoms with Gasteiger partial charge in [0.1, 0.15) is 5.75 Å². The Hall–Kier alpha value is -1.20. The number of ether oxygens (including phenoxy) is 1. The van der Waals surface area contributed by atoms with Crippen LogP contribution >= 0.6 is 11.8 Å². The van der Waals surface area contributed by atoms with E-state index in [-0.39, 0.29) is 5.91 Å². The fraction of sp³-hybridized carbons (Fsp3) is 0.682. The molecular weight excluding hydrogens is 356 g/mol. The van der Waals surface area contributed by atoms with Crippen molar-refractivity contribution in [2.24, 2.45) is 5.92 Å². The highest BCUT2D eigenvalue weighted by atomic mass is 32.2. The average molecular weight is 391 g/mol. The molecule has 2 aliphatic heterocycles. The summed E-state index contributed by atoms with van der Waals surface area (Å²) in [6, 6.07) is 6.73. The molecule has 0 aliphatic carbocycles. The summed E-state index contributed by atoms with van der Waals surface area (Å²) in [6.07, 6.45) is 4.94. The Labute approximate surface area is 168 Å². The van der Waals surface area contributed by atoms with Crippen molar-refractivity contribution in [3.05, 3.63) is 29.3 Å². The van der Waals surface area contributed by atoms with Crippen molar-refractivity contribution < 1.29 is 9.53 Å². The molecule has 5 heteroatoms. The lowest BCUT2D eigenvalue weighted by Crippen LogP contribution is -2.36. The van der Waals surface area contributed by atoms with Crippen molar-refractivity contribution in [2.45, 2.75) is 45.6 Å². The zero-order valence-electron chi connectivity index (χ0n) is 17.1. The normalized spacial score (nSPS) is 21.4. The van der Waals surface area contributed by atoms with Gasteiger partial charge < -0.3 is 14.5 Å². The molecule has 0 radical (unpaired) electrons. The van der Waals surface area contributed by atoms with Crippen molar-refractivity contribution in [3.63, 3.8) is 0 Å². The van der Waals surface area contributed by atoms with Crippen LogP contribution in [0, 0.1) is 5.92 Å². The van der Waals surface area contributed by atoms with E-state index < -0.39 is 0 Å². The number of methoxy groups -OCH3 is 1. The van der Waals surface area contributed by atoms with Crippen molar-refractivity contribution in [1.82, 2.24) is 9.80 Å². The molecule has 1 aromatic carbocycles. The van der Waals surface area contributed by atoms with Gasteiger partial charge in [0.05, 0.1) is 7.11 Å². The van der Waals surface area contributed by atoms with E-state index >= 15 is 0 Å². The summed E-state index contributed by atoms with van der Waals surface area (Å²) < 4.78 is 5.61. The SMILES string of the molecule is CCN(CC)C(=O)c1ccc(OC)c(CC2CCN(C3CCSCC3)C2)c1. The minimum absolute atomic E-state index is 0.122. The van der Waals surface area contributed by atoms with Crippen LogP contribution in [-0.4, -0.2) is 66.5 Å². The second-order valence-corrected chi connectivity index (χ2v) is 8.93. The van der Waals surface area contributed by atoms with Crippen LogP contribution in [0.3, 0.4) is 0 Å². The zero-order chi connectivity index (χ0) is 19.2. The van der Waals surface area contributed by atoms with Crippen molar-refractivity contribution in [1.29, 1.82) is 0 Å². The molecule has 2 saturated heterocycles. The van der Waals surface area contributed by atoms with E-state index in [0.29, 0.717) is 5.92 Å². The molecule has 0 N–H and O–H groups in total. The second-order valence-electron chi connectivity index (χ2n) is 7.70.